The molecular formula is C15H23NO4S. The Labute approximate surface area is 126 Å². The van der Waals surface area contributed by atoms with Crippen molar-refractivity contribution < 1.29 is 18.3 Å². The SMILES string of the molecule is Cc1ccc(S(C)(=O)=O)cc1C(=O)NC(CCO)C(C)C. The van der Waals surface area contributed by atoms with Crippen molar-refractivity contribution in [1.29, 1.82) is 0 Å². The maximum Gasteiger partial charge on any atom is 0.251 e. The van der Waals surface area contributed by atoms with Gasteiger partial charge in [0, 0.05) is 24.5 Å². The maximum absolute atomic E-state index is 12.3. The molecule has 0 radical (unpaired) electrons. The lowest BCUT2D eigenvalue weighted by atomic mass is 10.00. The highest BCUT2D eigenvalue weighted by atomic mass is 32.2. The first kappa shape index (κ1) is 17.7. The number of carbonyl (C=O) groups is 1. The smallest absolute Gasteiger partial charge is 0.251 e. The van der Waals surface area contributed by atoms with E-state index in [-0.39, 0.29) is 29.4 Å². The molecule has 0 aliphatic rings. The van der Waals surface area contributed by atoms with Crippen LogP contribution in [0.2, 0.25) is 0 Å². The standard InChI is InChI=1S/C15H23NO4S/c1-10(2)14(7-8-17)16-15(18)13-9-12(21(4,19)20)6-5-11(13)3/h5-6,9-10,14,17H,7-8H2,1-4H3,(H,16,18). The van der Waals surface area contributed by atoms with Crippen molar-refractivity contribution in [2.24, 2.45) is 5.92 Å². The van der Waals surface area contributed by atoms with E-state index in [1.807, 2.05) is 13.8 Å². The maximum atomic E-state index is 12.3. The van der Waals surface area contributed by atoms with Crippen LogP contribution in [0.25, 0.3) is 0 Å². The van der Waals surface area contributed by atoms with Gasteiger partial charge in [-0.1, -0.05) is 19.9 Å². The first-order valence-electron chi connectivity index (χ1n) is 6.89. The number of aryl methyl sites for hydroxylation is 1. The van der Waals surface area contributed by atoms with Gasteiger partial charge in [-0.25, -0.2) is 8.42 Å². The van der Waals surface area contributed by atoms with Gasteiger partial charge < -0.3 is 10.4 Å². The van der Waals surface area contributed by atoms with E-state index >= 15 is 0 Å². The van der Waals surface area contributed by atoms with E-state index in [2.05, 4.69) is 5.32 Å². The Morgan fingerprint density at radius 3 is 2.43 bits per heavy atom. The summed E-state index contributed by atoms with van der Waals surface area (Å²) in [6.45, 7) is 5.67. The van der Waals surface area contributed by atoms with Crippen molar-refractivity contribution in [3.63, 3.8) is 0 Å². The molecule has 1 aromatic carbocycles. The molecule has 0 heterocycles. The third-order valence-electron chi connectivity index (χ3n) is 3.44. The van der Waals surface area contributed by atoms with Crippen LogP contribution in [0.4, 0.5) is 0 Å². The third kappa shape index (κ3) is 4.82. The number of aliphatic hydroxyl groups excluding tert-OH is 1. The van der Waals surface area contributed by atoms with Gasteiger partial charge in [0.2, 0.25) is 0 Å². The summed E-state index contributed by atoms with van der Waals surface area (Å²) in [6.07, 6.45) is 1.58. The zero-order chi connectivity index (χ0) is 16.2. The molecule has 0 saturated heterocycles. The van der Waals surface area contributed by atoms with Crippen LogP contribution in [-0.4, -0.2) is 38.3 Å². The van der Waals surface area contributed by atoms with Crippen LogP contribution in [0.3, 0.4) is 0 Å². The highest BCUT2D eigenvalue weighted by molar-refractivity contribution is 7.90. The molecule has 0 aromatic heterocycles. The summed E-state index contributed by atoms with van der Waals surface area (Å²) in [6, 6.07) is 4.37. The van der Waals surface area contributed by atoms with E-state index in [0.29, 0.717) is 17.5 Å². The number of hydrogen-bond donors (Lipinski definition) is 2. The number of benzene rings is 1. The molecular weight excluding hydrogens is 290 g/mol. The molecule has 1 atom stereocenters. The Morgan fingerprint density at radius 1 is 1.33 bits per heavy atom. The van der Waals surface area contributed by atoms with E-state index in [1.165, 1.54) is 12.1 Å². The van der Waals surface area contributed by atoms with Crippen molar-refractivity contribution in [2.75, 3.05) is 12.9 Å². The van der Waals surface area contributed by atoms with Crippen molar-refractivity contribution in [1.82, 2.24) is 5.32 Å². The second kappa shape index (κ2) is 7.04. The normalized spacial score (nSPS) is 13.2. The van der Waals surface area contributed by atoms with Gasteiger partial charge in [0.15, 0.2) is 9.84 Å². The Morgan fingerprint density at radius 2 is 1.95 bits per heavy atom. The Hall–Kier alpha value is -1.40. The van der Waals surface area contributed by atoms with Gasteiger partial charge in [-0.2, -0.15) is 0 Å². The monoisotopic (exact) mass is 313 g/mol. The molecule has 118 valence electrons. The molecule has 2 N–H and O–H groups in total. The van der Waals surface area contributed by atoms with Gasteiger partial charge in [-0.3, -0.25) is 4.79 Å². The van der Waals surface area contributed by atoms with E-state index in [4.69, 9.17) is 5.11 Å². The predicted molar refractivity (Wildman–Crippen MR) is 82.1 cm³/mol. The molecule has 0 fully saturated rings. The van der Waals surface area contributed by atoms with Gasteiger partial charge in [0.05, 0.1) is 4.90 Å². The summed E-state index contributed by atoms with van der Waals surface area (Å²) in [4.78, 5) is 12.5. The highest BCUT2D eigenvalue weighted by Gasteiger charge is 2.19. The van der Waals surface area contributed by atoms with Crippen molar-refractivity contribution >= 4 is 15.7 Å². The highest BCUT2D eigenvalue weighted by Crippen LogP contribution is 2.16. The fraction of sp³-hybridized carbons (Fsp3) is 0.533. The lowest BCUT2D eigenvalue weighted by molar-refractivity contribution is 0.0916. The largest absolute Gasteiger partial charge is 0.396 e. The number of amides is 1. The van der Waals surface area contributed by atoms with Crippen LogP contribution >= 0.6 is 0 Å². The molecule has 0 saturated carbocycles. The first-order valence-corrected chi connectivity index (χ1v) is 8.78. The zero-order valence-corrected chi connectivity index (χ0v) is 13.7. The molecule has 1 aromatic rings. The summed E-state index contributed by atoms with van der Waals surface area (Å²) in [5.74, 6) is -0.135. The number of aliphatic hydroxyl groups is 1. The van der Waals surface area contributed by atoms with Gasteiger partial charge in [-0.05, 0) is 37.0 Å². The molecule has 6 heteroatoms. The average molecular weight is 313 g/mol. The van der Waals surface area contributed by atoms with Crippen molar-refractivity contribution in [3.8, 4) is 0 Å². The number of sulfone groups is 1. The summed E-state index contributed by atoms with van der Waals surface area (Å²) in [5.41, 5.74) is 1.06. The van der Waals surface area contributed by atoms with Gasteiger partial charge in [0.1, 0.15) is 0 Å². The van der Waals surface area contributed by atoms with Crippen molar-refractivity contribution in [3.05, 3.63) is 29.3 Å². The van der Waals surface area contributed by atoms with Gasteiger partial charge in [-0.15, -0.1) is 0 Å². The molecule has 5 nitrogen and oxygen atoms in total. The van der Waals surface area contributed by atoms with Crippen LogP contribution in [0.15, 0.2) is 23.1 Å². The minimum atomic E-state index is -3.35. The summed E-state index contributed by atoms with van der Waals surface area (Å²) in [7, 11) is -3.35. The summed E-state index contributed by atoms with van der Waals surface area (Å²) in [5, 5.41) is 11.9. The van der Waals surface area contributed by atoms with E-state index < -0.39 is 9.84 Å². The fourth-order valence-electron chi connectivity index (χ4n) is 2.03. The second-order valence-corrected chi connectivity index (χ2v) is 7.60. The topological polar surface area (TPSA) is 83.5 Å². The molecule has 0 spiro atoms. The molecule has 1 unspecified atom stereocenters. The zero-order valence-electron chi connectivity index (χ0n) is 12.9. The molecule has 21 heavy (non-hydrogen) atoms. The number of carbonyl (C=O) groups excluding carboxylic acids is 1. The van der Waals surface area contributed by atoms with E-state index in [9.17, 15) is 13.2 Å². The molecule has 0 aliphatic heterocycles. The fourth-order valence-corrected chi connectivity index (χ4v) is 2.68. The minimum absolute atomic E-state index is 0.00844. The second-order valence-electron chi connectivity index (χ2n) is 5.59. The summed E-state index contributed by atoms with van der Waals surface area (Å²) < 4.78 is 23.2. The molecule has 0 aliphatic carbocycles. The van der Waals surface area contributed by atoms with Crippen LogP contribution in [-0.2, 0) is 9.84 Å². The van der Waals surface area contributed by atoms with Gasteiger partial charge >= 0.3 is 0 Å². The number of rotatable bonds is 6. The van der Waals surface area contributed by atoms with Crippen LogP contribution in [0, 0.1) is 12.8 Å². The predicted octanol–water partition coefficient (Wildman–Crippen LogP) is 1.54. The lowest BCUT2D eigenvalue weighted by Crippen LogP contribution is -2.39. The average Bonchev–Trinajstić information content (AvgIpc) is 2.36. The molecule has 1 rings (SSSR count). The van der Waals surface area contributed by atoms with Gasteiger partial charge in [0.25, 0.3) is 5.91 Å². The minimum Gasteiger partial charge on any atom is -0.396 e. The molecule has 0 bridgehead atoms. The van der Waals surface area contributed by atoms with Crippen LogP contribution in [0.5, 0.6) is 0 Å². The van der Waals surface area contributed by atoms with Crippen LogP contribution < -0.4 is 5.32 Å². The van der Waals surface area contributed by atoms with Crippen LogP contribution in [0.1, 0.15) is 36.2 Å². The molecule has 1 amide bonds. The summed E-state index contributed by atoms with van der Waals surface area (Å²) >= 11 is 0. The van der Waals surface area contributed by atoms with Crippen molar-refractivity contribution in [2.45, 2.75) is 38.1 Å². The third-order valence-corrected chi connectivity index (χ3v) is 4.55. The lowest BCUT2D eigenvalue weighted by Gasteiger charge is -2.22. The number of hydrogen-bond acceptors (Lipinski definition) is 4. The Kier molecular flexibility index (Phi) is 5.92. The first-order chi connectivity index (χ1) is 9.66. The van der Waals surface area contributed by atoms with E-state index in [0.717, 1.165) is 6.26 Å². The van der Waals surface area contributed by atoms with E-state index in [1.54, 1.807) is 13.0 Å². The quantitative estimate of drug-likeness (QED) is 0.834. The Balaban J connectivity index is 3.07. The Bertz CT molecular complexity index is 608. The number of nitrogens with one attached hydrogen (secondary N) is 1.